The van der Waals surface area contributed by atoms with Crippen molar-refractivity contribution in [2.24, 2.45) is 0 Å². The average molecular weight is 668 g/mol. The number of amides is 1. The van der Waals surface area contributed by atoms with Gasteiger partial charge in [-0.25, -0.2) is 14.8 Å². The number of aromatic nitrogens is 2. The summed E-state index contributed by atoms with van der Waals surface area (Å²) in [5, 5.41) is 24.1. The Morgan fingerprint density at radius 3 is 2.04 bits per heavy atom. The van der Waals surface area contributed by atoms with Crippen LogP contribution in [-0.4, -0.2) is 122 Å². The molecule has 2 fully saturated rings. The minimum absolute atomic E-state index is 0.000198. The summed E-state index contributed by atoms with van der Waals surface area (Å²) >= 11 is 0. The molecule has 0 radical (unpaired) electrons. The first-order chi connectivity index (χ1) is 22.0. The van der Waals surface area contributed by atoms with Gasteiger partial charge in [-0.3, -0.25) is 19.4 Å². The zero-order valence-electron chi connectivity index (χ0n) is 27.3. The molecule has 15 heteroatoms. The van der Waals surface area contributed by atoms with Crippen LogP contribution in [-0.2, 0) is 20.5 Å². The number of hydrogen-bond acceptors (Lipinski definition) is 9. The molecular weight excluding hydrogens is 623 g/mol. The van der Waals surface area contributed by atoms with Crippen molar-refractivity contribution in [2.75, 3.05) is 46.4 Å². The molecule has 0 spiro atoms. The van der Waals surface area contributed by atoms with Crippen LogP contribution in [0.3, 0.4) is 0 Å². The predicted octanol–water partition coefficient (Wildman–Crippen LogP) is 3.41. The van der Waals surface area contributed by atoms with Gasteiger partial charge in [0.1, 0.15) is 6.33 Å². The minimum Gasteiger partial charge on any atom is -0.481 e. The zero-order chi connectivity index (χ0) is 35.1. The second kappa shape index (κ2) is 16.0. The second-order valence-corrected chi connectivity index (χ2v) is 12.3. The highest BCUT2D eigenvalue weighted by Gasteiger charge is 2.41. The summed E-state index contributed by atoms with van der Waals surface area (Å²) in [5.74, 6) is -2.85. The Labute approximate surface area is 272 Å². The number of aliphatic carboxylic acids is 2. The highest BCUT2D eigenvalue weighted by atomic mass is 19.4. The Morgan fingerprint density at radius 1 is 1.02 bits per heavy atom. The van der Waals surface area contributed by atoms with Crippen molar-refractivity contribution in [1.82, 2.24) is 24.7 Å². The monoisotopic (exact) mass is 667 g/mol. The molecule has 47 heavy (non-hydrogen) atoms. The van der Waals surface area contributed by atoms with Crippen LogP contribution in [0.1, 0.15) is 72.0 Å². The van der Waals surface area contributed by atoms with Crippen molar-refractivity contribution in [3.8, 4) is 0 Å². The highest BCUT2D eigenvalue weighted by Crippen LogP contribution is 2.35. The van der Waals surface area contributed by atoms with E-state index in [1.54, 1.807) is 19.2 Å². The first-order valence-electron chi connectivity index (χ1n) is 15.4. The van der Waals surface area contributed by atoms with Crippen molar-refractivity contribution in [1.29, 1.82) is 0 Å². The second-order valence-electron chi connectivity index (χ2n) is 12.3. The molecule has 3 heterocycles. The Balaban J connectivity index is 0.000000584. The number of alkyl halides is 3. The molecule has 4 rings (SSSR count). The van der Waals surface area contributed by atoms with E-state index in [0.717, 1.165) is 50.2 Å². The number of carbonyl (C=O) groups excluding carboxylic acids is 1. The van der Waals surface area contributed by atoms with Gasteiger partial charge in [0.15, 0.2) is 6.10 Å². The number of piperazine rings is 1. The molecule has 0 aliphatic carbocycles. The van der Waals surface area contributed by atoms with E-state index in [0.29, 0.717) is 36.6 Å². The number of benzene rings is 1. The number of methoxy groups -OCH3 is 1. The van der Waals surface area contributed by atoms with Crippen LogP contribution in [0.2, 0.25) is 0 Å². The van der Waals surface area contributed by atoms with E-state index in [1.807, 2.05) is 18.7 Å². The average Bonchev–Trinajstić information content (AvgIpc) is 3.00. The molecule has 0 bridgehead atoms. The molecular formula is C32H44F3N5O7. The molecule has 2 aliphatic heterocycles. The van der Waals surface area contributed by atoms with Crippen molar-refractivity contribution in [3.05, 3.63) is 58.7 Å². The van der Waals surface area contributed by atoms with Crippen molar-refractivity contribution in [2.45, 2.75) is 76.9 Å². The van der Waals surface area contributed by atoms with Gasteiger partial charge in [-0.05, 0) is 58.2 Å². The summed E-state index contributed by atoms with van der Waals surface area (Å²) in [6.45, 7) is 12.4. The number of piperidine rings is 1. The van der Waals surface area contributed by atoms with Gasteiger partial charge in [0.25, 0.3) is 5.91 Å². The number of carbonyl (C=O) groups is 3. The quantitative estimate of drug-likeness (QED) is 0.360. The largest absolute Gasteiger partial charge is 0.481 e. The normalized spacial score (nSPS) is 20.1. The summed E-state index contributed by atoms with van der Waals surface area (Å²) in [7, 11) is 1.62. The Kier molecular flexibility index (Phi) is 12.8. The van der Waals surface area contributed by atoms with Crippen LogP contribution in [0.15, 0.2) is 30.6 Å². The predicted molar refractivity (Wildman–Crippen MR) is 165 cm³/mol. The van der Waals surface area contributed by atoms with Crippen LogP contribution < -0.4 is 0 Å². The molecule has 1 aromatic carbocycles. The molecule has 12 nitrogen and oxygen atoms in total. The molecule has 1 aromatic heterocycles. The smallest absolute Gasteiger partial charge is 0.416 e. The number of nitrogens with zero attached hydrogens (tertiary/aromatic N) is 5. The SMILES string of the molecule is COCC(c1ccc(C(F)(F)F)cc1)N1CCN(C2(C)CCN(C(=O)c3c(C)ncnc3C)CC2)CC1C.O=C(O)CC(O)C(=O)O. The summed E-state index contributed by atoms with van der Waals surface area (Å²) in [4.78, 5) is 47.8. The fourth-order valence-electron chi connectivity index (χ4n) is 6.18. The summed E-state index contributed by atoms with van der Waals surface area (Å²) in [5.41, 5.74) is 2.18. The van der Waals surface area contributed by atoms with Crippen molar-refractivity contribution in [3.63, 3.8) is 0 Å². The van der Waals surface area contributed by atoms with Crippen molar-refractivity contribution < 1.29 is 47.6 Å². The van der Waals surface area contributed by atoms with Crippen LogP contribution in [0.4, 0.5) is 13.2 Å². The highest BCUT2D eigenvalue weighted by molar-refractivity contribution is 5.96. The van der Waals surface area contributed by atoms with Crippen LogP contribution in [0.5, 0.6) is 0 Å². The standard InChI is InChI=1S/C28H38F3N5O2.C4H6O5/c1-19-16-35(14-15-36(19)24(17-38-5)22-6-8-23(9-7-22)28(29,30)31)27(4)10-12-34(13-11-27)26(37)25-20(2)32-18-33-21(25)3;5-2(4(8)9)1-3(6)7/h6-9,18-19,24H,10-17H2,1-5H3;2,5H,1H2,(H,6,7)(H,8,9). The number of hydrogen-bond donors (Lipinski definition) is 3. The third-order valence-electron chi connectivity index (χ3n) is 9.01. The maximum Gasteiger partial charge on any atom is 0.416 e. The zero-order valence-corrected chi connectivity index (χ0v) is 27.3. The number of carboxylic acids is 2. The van der Waals surface area contributed by atoms with Gasteiger partial charge >= 0.3 is 18.1 Å². The molecule has 2 saturated heterocycles. The summed E-state index contributed by atoms with van der Waals surface area (Å²) < 4.78 is 44.7. The third kappa shape index (κ3) is 9.69. The lowest BCUT2D eigenvalue weighted by molar-refractivity contribution is -0.152. The van der Waals surface area contributed by atoms with Gasteiger partial charge in [-0.2, -0.15) is 13.2 Å². The van der Waals surface area contributed by atoms with Gasteiger partial charge in [-0.15, -0.1) is 0 Å². The topological polar surface area (TPSA) is 157 Å². The van der Waals surface area contributed by atoms with Crippen LogP contribution >= 0.6 is 0 Å². The first kappa shape index (κ1) is 37.8. The minimum atomic E-state index is -4.35. The first-order valence-corrected chi connectivity index (χ1v) is 15.4. The molecule has 3 N–H and O–H groups in total. The van der Waals surface area contributed by atoms with E-state index in [9.17, 15) is 27.6 Å². The van der Waals surface area contributed by atoms with E-state index in [4.69, 9.17) is 20.1 Å². The van der Waals surface area contributed by atoms with E-state index in [1.165, 1.54) is 6.33 Å². The summed E-state index contributed by atoms with van der Waals surface area (Å²) in [6.07, 6.45) is -3.66. The number of ether oxygens (including phenoxy) is 1. The fourth-order valence-corrected chi connectivity index (χ4v) is 6.18. The molecule has 2 aromatic rings. The Hall–Kier alpha value is -3.66. The van der Waals surface area contributed by atoms with E-state index in [-0.39, 0.29) is 23.5 Å². The maximum absolute atomic E-state index is 13.2. The number of halogens is 3. The van der Waals surface area contributed by atoms with Gasteiger partial charge in [0, 0.05) is 51.4 Å². The molecule has 0 saturated carbocycles. The molecule has 3 unspecified atom stereocenters. The van der Waals surface area contributed by atoms with Gasteiger partial charge in [0.05, 0.1) is 41.6 Å². The van der Waals surface area contributed by atoms with Gasteiger partial charge in [-0.1, -0.05) is 12.1 Å². The number of aliphatic hydroxyl groups excluding tert-OH is 1. The third-order valence-corrected chi connectivity index (χ3v) is 9.01. The number of carboxylic acid groups (broad SMARTS) is 2. The van der Waals surface area contributed by atoms with E-state index < -0.39 is 36.2 Å². The van der Waals surface area contributed by atoms with E-state index in [2.05, 4.69) is 33.6 Å². The molecule has 260 valence electrons. The van der Waals surface area contributed by atoms with Gasteiger partial charge in [0.2, 0.25) is 0 Å². The van der Waals surface area contributed by atoms with Gasteiger partial charge < -0.3 is 25.0 Å². The number of aryl methyl sites for hydroxylation is 2. The Bertz CT molecular complexity index is 1360. The number of likely N-dealkylation sites (tertiary alicyclic amines) is 1. The Morgan fingerprint density at radius 2 is 1.60 bits per heavy atom. The molecule has 3 atom stereocenters. The molecule has 1 amide bonds. The number of aliphatic hydroxyl groups is 1. The maximum atomic E-state index is 13.2. The van der Waals surface area contributed by atoms with Crippen LogP contribution in [0.25, 0.3) is 0 Å². The van der Waals surface area contributed by atoms with E-state index >= 15 is 0 Å². The van der Waals surface area contributed by atoms with Crippen molar-refractivity contribution >= 4 is 17.8 Å². The number of rotatable bonds is 9. The summed E-state index contributed by atoms with van der Waals surface area (Å²) in [6, 6.07) is 5.52. The lowest BCUT2D eigenvalue weighted by atomic mass is 9.86. The fraction of sp³-hybridized carbons (Fsp3) is 0.594. The van der Waals surface area contributed by atoms with Crippen LogP contribution in [0, 0.1) is 13.8 Å². The lowest BCUT2D eigenvalue weighted by Crippen LogP contribution is -2.62. The lowest BCUT2D eigenvalue weighted by Gasteiger charge is -2.52. The molecule has 2 aliphatic rings.